The average molecular weight is 471 g/mol. The fourth-order valence-corrected chi connectivity index (χ4v) is 3.97. The second-order valence-electron chi connectivity index (χ2n) is 6.00. The molecule has 4 rings (SSSR count). The summed E-state index contributed by atoms with van der Waals surface area (Å²) in [5.74, 6) is 0.962. The Labute approximate surface area is 179 Å². The van der Waals surface area contributed by atoms with Crippen molar-refractivity contribution < 1.29 is 14.3 Å². The number of carbonyl (C=O) groups excluding carboxylic acids is 2. The number of imide groups is 1. The molecule has 2 aromatic heterocycles. The standard InChI is InChI=1S/C20H15BrN4O3S/c1-2-28-15-7-6-12(9-14(15)21)18-13(10-16-19(26)23-20(27)29-16)11-25(24-18)17-5-3-4-8-22-17/h3-11H,2H2,1H3,(H,23,26,27). The van der Waals surface area contributed by atoms with Crippen LogP contribution in [0.2, 0.25) is 0 Å². The van der Waals surface area contributed by atoms with Crippen LogP contribution in [0.3, 0.4) is 0 Å². The molecule has 2 amide bonds. The van der Waals surface area contributed by atoms with Gasteiger partial charge in [-0.25, -0.2) is 9.67 Å². The molecule has 0 unspecified atom stereocenters. The molecular formula is C20H15BrN4O3S. The first-order chi connectivity index (χ1) is 14.0. The van der Waals surface area contributed by atoms with E-state index in [2.05, 4.69) is 31.3 Å². The number of aromatic nitrogens is 3. The number of halogens is 1. The number of amides is 2. The van der Waals surface area contributed by atoms with Crippen molar-refractivity contribution in [1.29, 1.82) is 0 Å². The van der Waals surface area contributed by atoms with Gasteiger partial charge in [-0.05, 0) is 71.0 Å². The molecular weight excluding hydrogens is 456 g/mol. The van der Waals surface area contributed by atoms with Crippen molar-refractivity contribution in [2.24, 2.45) is 0 Å². The lowest BCUT2D eigenvalue weighted by atomic mass is 10.1. The molecule has 29 heavy (non-hydrogen) atoms. The predicted molar refractivity (Wildman–Crippen MR) is 115 cm³/mol. The fraction of sp³-hybridized carbons (Fsp3) is 0.100. The van der Waals surface area contributed by atoms with E-state index in [1.165, 1.54) is 0 Å². The van der Waals surface area contributed by atoms with Crippen molar-refractivity contribution in [2.45, 2.75) is 6.92 Å². The lowest BCUT2D eigenvalue weighted by Gasteiger charge is -2.07. The third kappa shape index (κ3) is 4.10. The summed E-state index contributed by atoms with van der Waals surface area (Å²) in [4.78, 5) is 28.2. The highest BCUT2D eigenvalue weighted by atomic mass is 79.9. The lowest BCUT2D eigenvalue weighted by Crippen LogP contribution is -2.17. The monoisotopic (exact) mass is 470 g/mol. The summed E-state index contributed by atoms with van der Waals surface area (Å²) >= 11 is 4.40. The van der Waals surface area contributed by atoms with Crippen LogP contribution in [0.15, 0.2) is 58.2 Å². The van der Waals surface area contributed by atoms with Crippen LogP contribution >= 0.6 is 27.7 Å². The van der Waals surface area contributed by atoms with Crippen LogP contribution in [0.1, 0.15) is 12.5 Å². The number of rotatable bonds is 5. The Morgan fingerprint density at radius 1 is 1.28 bits per heavy atom. The van der Waals surface area contributed by atoms with E-state index in [-0.39, 0.29) is 5.24 Å². The number of nitrogens with one attached hydrogen (secondary N) is 1. The van der Waals surface area contributed by atoms with E-state index in [0.29, 0.717) is 28.6 Å². The zero-order valence-corrected chi connectivity index (χ0v) is 17.7. The van der Waals surface area contributed by atoms with Gasteiger partial charge in [0.15, 0.2) is 5.82 Å². The highest BCUT2D eigenvalue weighted by Gasteiger charge is 2.26. The number of thioether (sulfide) groups is 1. The average Bonchev–Trinajstić information content (AvgIpc) is 3.27. The lowest BCUT2D eigenvalue weighted by molar-refractivity contribution is -0.115. The van der Waals surface area contributed by atoms with Crippen molar-refractivity contribution >= 4 is 44.9 Å². The molecule has 0 saturated carbocycles. The molecule has 1 aromatic carbocycles. The van der Waals surface area contributed by atoms with Gasteiger partial charge in [0.05, 0.1) is 16.0 Å². The molecule has 146 valence electrons. The quantitative estimate of drug-likeness (QED) is 0.555. The molecule has 0 radical (unpaired) electrons. The topological polar surface area (TPSA) is 86.1 Å². The number of pyridine rings is 1. The van der Waals surface area contributed by atoms with Crippen molar-refractivity contribution in [3.8, 4) is 22.8 Å². The molecule has 1 aliphatic rings. The van der Waals surface area contributed by atoms with Gasteiger partial charge < -0.3 is 4.74 Å². The predicted octanol–water partition coefficient (Wildman–Crippen LogP) is 4.42. The van der Waals surface area contributed by atoms with Gasteiger partial charge in [0, 0.05) is 23.5 Å². The Balaban J connectivity index is 1.82. The van der Waals surface area contributed by atoms with Gasteiger partial charge in [-0.3, -0.25) is 14.9 Å². The maximum absolute atomic E-state index is 12.0. The van der Waals surface area contributed by atoms with E-state index in [0.717, 1.165) is 27.5 Å². The van der Waals surface area contributed by atoms with Gasteiger partial charge in [-0.1, -0.05) is 6.07 Å². The van der Waals surface area contributed by atoms with Crippen LogP contribution in [-0.4, -0.2) is 32.5 Å². The summed E-state index contributed by atoms with van der Waals surface area (Å²) < 4.78 is 8.02. The van der Waals surface area contributed by atoms with Crippen LogP contribution in [0.5, 0.6) is 5.75 Å². The molecule has 1 N–H and O–H groups in total. The van der Waals surface area contributed by atoms with Crippen molar-refractivity contribution in [1.82, 2.24) is 20.1 Å². The third-order valence-electron chi connectivity index (χ3n) is 4.06. The molecule has 1 saturated heterocycles. The van der Waals surface area contributed by atoms with Crippen molar-refractivity contribution in [2.75, 3.05) is 6.61 Å². The number of hydrogen-bond acceptors (Lipinski definition) is 6. The zero-order valence-electron chi connectivity index (χ0n) is 15.3. The highest BCUT2D eigenvalue weighted by Crippen LogP contribution is 2.34. The van der Waals surface area contributed by atoms with E-state index < -0.39 is 5.91 Å². The van der Waals surface area contributed by atoms with Crippen LogP contribution < -0.4 is 10.1 Å². The number of hydrogen-bond donors (Lipinski definition) is 1. The fourth-order valence-electron chi connectivity index (χ4n) is 2.81. The summed E-state index contributed by atoms with van der Waals surface area (Å²) in [6.45, 7) is 2.48. The summed E-state index contributed by atoms with van der Waals surface area (Å²) in [6.07, 6.45) is 5.13. The number of ether oxygens (including phenoxy) is 1. The Morgan fingerprint density at radius 2 is 2.14 bits per heavy atom. The van der Waals surface area contributed by atoms with Gasteiger partial charge in [-0.2, -0.15) is 5.10 Å². The summed E-state index contributed by atoms with van der Waals surface area (Å²) in [6, 6.07) is 11.2. The Kier molecular flexibility index (Phi) is 5.50. The van der Waals surface area contributed by atoms with Crippen LogP contribution in [0, 0.1) is 0 Å². The van der Waals surface area contributed by atoms with Gasteiger partial charge in [0.25, 0.3) is 11.1 Å². The van der Waals surface area contributed by atoms with Gasteiger partial charge >= 0.3 is 0 Å². The number of nitrogens with zero attached hydrogens (tertiary/aromatic N) is 3. The Morgan fingerprint density at radius 3 is 2.79 bits per heavy atom. The maximum atomic E-state index is 12.0. The molecule has 1 fully saturated rings. The van der Waals surface area contributed by atoms with Crippen LogP contribution in [0.25, 0.3) is 23.2 Å². The second-order valence-corrected chi connectivity index (χ2v) is 7.87. The molecule has 9 heteroatoms. The van der Waals surface area contributed by atoms with E-state index in [9.17, 15) is 9.59 Å². The molecule has 0 aliphatic carbocycles. The number of benzene rings is 1. The van der Waals surface area contributed by atoms with Gasteiger partial charge in [0.2, 0.25) is 0 Å². The first-order valence-electron chi connectivity index (χ1n) is 8.74. The zero-order chi connectivity index (χ0) is 20.4. The Bertz CT molecular complexity index is 1130. The minimum Gasteiger partial charge on any atom is -0.493 e. The van der Waals surface area contributed by atoms with E-state index in [1.54, 1.807) is 23.2 Å². The SMILES string of the molecule is CCOc1ccc(-c2nn(-c3ccccn3)cc2C=C2SC(=O)NC2=O)cc1Br. The van der Waals surface area contributed by atoms with E-state index >= 15 is 0 Å². The first kappa shape index (κ1) is 19.4. The summed E-state index contributed by atoms with van der Waals surface area (Å²) in [5.41, 5.74) is 2.18. The van der Waals surface area contributed by atoms with Gasteiger partial charge in [-0.15, -0.1) is 0 Å². The van der Waals surface area contributed by atoms with E-state index in [1.807, 2.05) is 43.3 Å². The maximum Gasteiger partial charge on any atom is 0.290 e. The van der Waals surface area contributed by atoms with Crippen LogP contribution in [-0.2, 0) is 4.79 Å². The molecule has 0 spiro atoms. The minimum absolute atomic E-state index is 0.321. The molecule has 7 nitrogen and oxygen atoms in total. The second kappa shape index (κ2) is 8.22. The van der Waals surface area contributed by atoms with Crippen molar-refractivity contribution in [3.05, 3.63) is 63.7 Å². The first-order valence-corrected chi connectivity index (χ1v) is 10.3. The smallest absolute Gasteiger partial charge is 0.290 e. The van der Waals surface area contributed by atoms with Crippen LogP contribution in [0.4, 0.5) is 4.79 Å². The van der Waals surface area contributed by atoms with Crippen molar-refractivity contribution in [3.63, 3.8) is 0 Å². The molecule has 1 aliphatic heterocycles. The molecule has 3 heterocycles. The van der Waals surface area contributed by atoms with Gasteiger partial charge in [0.1, 0.15) is 11.4 Å². The Hall–Kier alpha value is -2.91. The summed E-state index contributed by atoms with van der Waals surface area (Å²) in [7, 11) is 0. The normalized spacial score (nSPS) is 15.0. The van der Waals surface area contributed by atoms with E-state index in [4.69, 9.17) is 4.74 Å². The molecule has 3 aromatic rings. The highest BCUT2D eigenvalue weighted by molar-refractivity contribution is 9.10. The number of carbonyl (C=O) groups is 2. The molecule has 0 bridgehead atoms. The largest absolute Gasteiger partial charge is 0.493 e. The minimum atomic E-state index is -0.413. The summed E-state index contributed by atoms with van der Waals surface area (Å²) in [5, 5.41) is 6.56. The third-order valence-corrected chi connectivity index (χ3v) is 5.49. The molecule has 0 atom stereocenters.